The van der Waals surface area contributed by atoms with Crippen molar-refractivity contribution in [2.45, 2.75) is 90.1 Å². The van der Waals surface area contributed by atoms with Gasteiger partial charge in [0.1, 0.15) is 23.5 Å². The fraction of sp³-hybridized carbons (Fsp3) is 0.561. The van der Waals surface area contributed by atoms with Crippen LogP contribution in [-0.4, -0.2) is 104 Å². The van der Waals surface area contributed by atoms with E-state index in [4.69, 9.17) is 9.57 Å². The zero-order chi connectivity index (χ0) is 39.8. The quantitative estimate of drug-likeness (QED) is 0.159. The summed E-state index contributed by atoms with van der Waals surface area (Å²) in [5.41, 5.74) is 3.10. The molecule has 1 aromatic heterocycles. The van der Waals surface area contributed by atoms with Crippen LogP contribution in [0.15, 0.2) is 53.9 Å². The smallest absolute Gasteiger partial charge is 0.270 e. The Kier molecular flexibility index (Phi) is 15.0. The van der Waals surface area contributed by atoms with Gasteiger partial charge in [0.05, 0.1) is 20.3 Å². The van der Waals surface area contributed by atoms with Gasteiger partial charge in [-0.15, -0.1) is 15.8 Å². The summed E-state index contributed by atoms with van der Waals surface area (Å²) < 4.78 is 19.1. The van der Waals surface area contributed by atoms with E-state index in [9.17, 15) is 24.3 Å². The first-order chi connectivity index (χ1) is 25.5. The minimum atomic E-state index is -1.87. The lowest BCUT2D eigenvalue weighted by atomic mass is 9.73. The van der Waals surface area contributed by atoms with Crippen LogP contribution in [0.1, 0.15) is 74.2 Å². The maximum Gasteiger partial charge on any atom is 0.270 e. The summed E-state index contributed by atoms with van der Waals surface area (Å²) in [5, 5.41) is 27.1. The van der Waals surface area contributed by atoms with E-state index in [0.29, 0.717) is 46.4 Å². The number of halogens is 1. The van der Waals surface area contributed by atoms with E-state index < -0.39 is 30.3 Å². The maximum atomic E-state index is 13.7. The number of rotatable bonds is 13. The normalized spacial score (nSPS) is 22.9. The number of nitrogens with zero attached hydrogens (tertiary/aromatic N) is 3. The SMILES string of the molecule is CC1CCCC(C)(C)C1.COc1c(CN2OC(CO)[C@@](C)(O)[C@H]2C(=O)NF)cccc1-c1cc(C(=O)NC(Cc2cccs2)CN(C)C)cc(N(C)C)c1. The summed E-state index contributed by atoms with van der Waals surface area (Å²) in [5.74, 6) is 0.111. The second-order valence-corrected chi connectivity index (χ2v) is 17.2. The monoisotopic (exact) mass is 769 g/mol. The van der Waals surface area contributed by atoms with Gasteiger partial charge in [0.25, 0.3) is 11.8 Å². The summed E-state index contributed by atoms with van der Waals surface area (Å²) in [4.78, 5) is 37.0. The van der Waals surface area contributed by atoms with Crippen LogP contribution >= 0.6 is 11.3 Å². The van der Waals surface area contributed by atoms with E-state index in [2.05, 4.69) is 32.2 Å². The molecule has 0 radical (unpaired) electrons. The highest BCUT2D eigenvalue weighted by atomic mass is 32.1. The number of hydrogen-bond acceptors (Lipinski definition) is 10. The highest BCUT2D eigenvalue weighted by Gasteiger charge is 2.55. The molecule has 3 aromatic rings. The average molecular weight is 770 g/mol. The molecule has 11 nitrogen and oxygen atoms in total. The van der Waals surface area contributed by atoms with E-state index in [0.717, 1.165) is 22.2 Å². The van der Waals surface area contributed by atoms with Crippen molar-refractivity contribution in [2.75, 3.05) is 53.4 Å². The fourth-order valence-electron chi connectivity index (χ4n) is 7.71. The van der Waals surface area contributed by atoms with E-state index in [1.807, 2.05) is 67.6 Å². The van der Waals surface area contributed by atoms with Crippen molar-refractivity contribution >= 4 is 28.8 Å². The first-order valence-corrected chi connectivity index (χ1v) is 19.5. The van der Waals surface area contributed by atoms with E-state index in [-0.39, 0.29) is 18.5 Å². The van der Waals surface area contributed by atoms with Crippen LogP contribution in [0.2, 0.25) is 0 Å². The molecular formula is C41H60FN5O6S. The first-order valence-electron chi connectivity index (χ1n) is 18.6. The molecule has 5 atom stereocenters. The van der Waals surface area contributed by atoms with E-state index in [1.165, 1.54) is 44.6 Å². The number of anilines is 1. The number of hydroxylamine groups is 2. The molecule has 0 spiro atoms. The Morgan fingerprint density at radius 2 is 1.87 bits per heavy atom. The molecular weight excluding hydrogens is 710 g/mol. The molecule has 4 N–H and O–H groups in total. The molecule has 1 saturated heterocycles. The fourth-order valence-corrected chi connectivity index (χ4v) is 8.50. The van der Waals surface area contributed by atoms with Gasteiger partial charge in [-0.3, -0.25) is 14.4 Å². The molecule has 2 fully saturated rings. The number of methoxy groups -OCH3 is 1. The summed E-state index contributed by atoms with van der Waals surface area (Å²) in [6, 6.07) is 13.5. The van der Waals surface area contributed by atoms with Gasteiger partial charge in [0, 0.05) is 60.4 Å². The number of ether oxygens (including phenoxy) is 1. The van der Waals surface area contributed by atoms with Gasteiger partial charge in [-0.2, -0.15) is 10.6 Å². The van der Waals surface area contributed by atoms with Crippen molar-refractivity contribution < 1.29 is 33.9 Å². The number of hydrogen-bond donors (Lipinski definition) is 4. The Balaban J connectivity index is 0.000000631. The molecule has 54 heavy (non-hydrogen) atoms. The van der Waals surface area contributed by atoms with Crippen LogP contribution in [0.5, 0.6) is 5.75 Å². The third kappa shape index (κ3) is 11.0. The number of carbonyl (C=O) groups excluding carboxylic acids is 2. The van der Waals surface area contributed by atoms with Gasteiger partial charge in [0.15, 0.2) is 0 Å². The number of para-hydroxylation sites is 1. The Bertz CT molecular complexity index is 1680. The lowest BCUT2D eigenvalue weighted by molar-refractivity contribution is -0.184. The van der Waals surface area contributed by atoms with Crippen LogP contribution in [0, 0.1) is 11.3 Å². The number of amides is 2. The Labute approximate surface area is 324 Å². The van der Waals surface area contributed by atoms with Crippen molar-refractivity contribution in [1.29, 1.82) is 0 Å². The van der Waals surface area contributed by atoms with Gasteiger partial charge >= 0.3 is 0 Å². The first kappa shape index (κ1) is 43.1. The zero-order valence-electron chi connectivity index (χ0n) is 33.3. The number of thiophene rings is 1. The third-order valence-corrected chi connectivity index (χ3v) is 11.2. The highest BCUT2D eigenvalue weighted by molar-refractivity contribution is 7.09. The minimum Gasteiger partial charge on any atom is -0.496 e. The molecule has 2 heterocycles. The van der Waals surface area contributed by atoms with Gasteiger partial charge in [-0.1, -0.05) is 57.9 Å². The Hall–Kier alpha value is -3.59. The Morgan fingerprint density at radius 3 is 2.43 bits per heavy atom. The molecule has 2 aliphatic rings. The van der Waals surface area contributed by atoms with Crippen LogP contribution in [-0.2, 0) is 22.6 Å². The third-order valence-electron chi connectivity index (χ3n) is 10.3. The van der Waals surface area contributed by atoms with Gasteiger partial charge in [-0.05, 0) is 80.4 Å². The van der Waals surface area contributed by atoms with Crippen molar-refractivity contribution in [3.8, 4) is 16.9 Å². The molecule has 0 bridgehead atoms. The van der Waals surface area contributed by atoms with Crippen molar-refractivity contribution in [3.05, 3.63) is 69.9 Å². The van der Waals surface area contributed by atoms with Crippen molar-refractivity contribution in [1.82, 2.24) is 20.8 Å². The topological polar surface area (TPSA) is 127 Å². The van der Waals surface area contributed by atoms with Gasteiger partial charge in [0.2, 0.25) is 0 Å². The molecule has 2 amide bonds. The van der Waals surface area contributed by atoms with E-state index in [1.54, 1.807) is 29.5 Å². The van der Waals surface area contributed by atoms with Crippen LogP contribution < -0.4 is 20.5 Å². The lowest BCUT2D eigenvalue weighted by Gasteiger charge is -2.33. The number of aliphatic hydroxyl groups excluding tert-OH is 1. The van der Waals surface area contributed by atoms with Crippen LogP contribution in [0.3, 0.4) is 0 Å². The number of likely N-dealkylation sites (N-methyl/N-ethyl adjacent to an activating group) is 1. The van der Waals surface area contributed by atoms with Crippen molar-refractivity contribution in [2.24, 2.45) is 11.3 Å². The lowest BCUT2D eigenvalue weighted by Crippen LogP contribution is -2.54. The standard InChI is InChI=1S/C32H42FN5O6S.C9H18/c1-32(42)27(19-39)44-38(29(32)31(41)35-33)17-20-9-7-11-26(28(20)43-6)21-13-22(15-24(14-21)37(4)5)30(40)34-23(18-36(2)3)16-25-10-8-12-45-25;1-8-5-4-6-9(2,3)7-8/h7-15,23,27,29,39,42H,16-19H2,1-6H3,(H,34,40)(H,35,41);8H,4-7H2,1-3H3/t23?,27?,29-,32-;/m1./s1. The molecule has 1 aliphatic carbocycles. The summed E-state index contributed by atoms with van der Waals surface area (Å²) in [6.45, 7) is 8.49. The predicted octanol–water partition coefficient (Wildman–Crippen LogP) is 5.84. The number of aliphatic hydroxyl groups is 2. The predicted molar refractivity (Wildman–Crippen MR) is 213 cm³/mol. The van der Waals surface area contributed by atoms with Gasteiger partial charge < -0.3 is 30.1 Å². The average Bonchev–Trinajstić information content (AvgIpc) is 3.71. The van der Waals surface area contributed by atoms with Crippen LogP contribution in [0.4, 0.5) is 10.2 Å². The second-order valence-electron chi connectivity index (χ2n) is 16.2. The zero-order valence-corrected chi connectivity index (χ0v) is 34.1. The van der Waals surface area contributed by atoms with Gasteiger partial charge in [-0.25, -0.2) is 0 Å². The molecule has 1 aliphatic heterocycles. The van der Waals surface area contributed by atoms with E-state index >= 15 is 0 Å². The second kappa shape index (κ2) is 18.8. The van der Waals surface area contributed by atoms with Crippen LogP contribution in [0.25, 0.3) is 11.1 Å². The molecule has 3 unspecified atom stereocenters. The minimum absolute atomic E-state index is 0.0720. The number of carbonyl (C=O) groups is 2. The van der Waals surface area contributed by atoms with Crippen molar-refractivity contribution in [3.63, 3.8) is 0 Å². The summed E-state index contributed by atoms with van der Waals surface area (Å²) in [7, 11) is 9.24. The number of nitrogens with one attached hydrogen (secondary N) is 2. The molecule has 5 rings (SSSR count). The largest absolute Gasteiger partial charge is 0.496 e. The highest BCUT2D eigenvalue weighted by Crippen LogP contribution is 2.40. The maximum absolute atomic E-state index is 13.7. The number of benzene rings is 2. The summed E-state index contributed by atoms with van der Waals surface area (Å²) >= 11 is 1.66. The Morgan fingerprint density at radius 1 is 1.13 bits per heavy atom. The molecule has 298 valence electrons. The molecule has 1 saturated carbocycles. The molecule has 13 heteroatoms. The summed E-state index contributed by atoms with van der Waals surface area (Å²) in [6.07, 6.45) is 5.35. The molecule has 2 aromatic carbocycles.